The van der Waals surface area contributed by atoms with Crippen molar-refractivity contribution in [1.82, 2.24) is 0 Å². The molecule has 0 amide bonds. The molecule has 0 aliphatic carbocycles. The molecule has 0 aliphatic rings. The molecule has 0 heterocycles. The van der Waals surface area contributed by atoms with Gasteiger partial charge in [0, 0.05) is 10.4 Å². The van der Waals surface area contributed by atoms with Crippen LogP contribution in [0.25, 0.3) is 0 Å². The molecule has 0 saturated carbocycles. The average Bonchev–Trinajstić information content (AvgIpc) is 2.49. The van der Waals surface area contributed by atoms with Gasteiger partial charge in [-0.15, -0.1) is 0 Å². The van der Waals surface area contributed by atoms with Crippen LogP contribution in [0, 0.1) is 5.82 Å². The summed E-state index contributed by atoms with van der Waals surface area (Å²) in [6.07, 6.45) is -3.92. The molecule has 2 rings (SSSR count). The van der Waals surface area contributed by atoms with E-state index >= 15 is 0 Å². The van der Waals surface area contributed by atoms with Crippen LogP contribution in [0.1, 0.15) is 21.5 Å². The Bertz CT molecular complexity index is 690. The monoisotopic (exact) mass is 412 g/mol. The highest BCUT2D eigenvalue weighted by atomic mass is 79.9. The number of hydrogen-bond donors (Lipinski definition) is 1. The number of hydrogen-bond acceptors (Lipinski definition) is 2. The van der Waals surface area contributed by atoms with E-state index in [1.807, 2.05) is 0 Å². The molecule has 0 unspecified atom stereocenters. The molecule has 0 fully saturated rings. The van der Waals surface area contributed by atoms with Gasteiger partial charge < -0.3 is 5.11 Å². The molecule has 1 N–H and O–H groups in total. The molecular weight excluding hydrogens is 404 g/mol. The van der Waals surface area contributed by atoms with Crippen LogP contribution >= 0.6 is 27.5 Å². The van der Waals surface area contributed by atoms with E-state index in [1.54, 1.807) is 0 Å². The van der Waals surface area contributed by atoms with Gasteiger partial charge in [-0.1, -0.05) is 33.6 Å². The van der Waals surface area contributed by atoms with E-state index in [-0.39, 0.29) is 22.2 Å². The van der Waals surface area contributed by atoms with Gasteiger partial charge in [0.2, 0.25) is 0 Å². The van der Waals surface area contributed by atoms with Crippen molar-refractivity contribution in [2.75, 3.05) is 0 Å². The molecule has 0 saturated heterocycles. The number of phenolic OH excluding ortho intramolecular Hbond substituents is 1. The third-order valence-corrected chi connectivity index (χ3v) is 3.48. The number of benzene rings is 2. The minimum absolute atomic E-state index is 0.0422. The van der Waals surface area contributed by atoms with Crippen molar-refractivity contribution in [2.24, 2.45) is 0 Å². The van der Waals surface area contributed by atoms with Crippen LogP contribution in [0.2, 0.25) is 5.02 Å². The number of rotatable bonds is 2. The predicted molar refractivity (Wildman–Crippen MR) is 82.5 cm³/mol. The van der Waals surface area contributed by atoms with Crippen LogP contribution in [-0.4, -0.2) is 11.4 Å². The Labute approximate surface area is 142 Å². The lowest BCUT2D eigenvalue weighted by atomic mass is 10.1. The van der Waals surface area contributed by atoms with Crippen molar-refractivity contribution in [1.29, 1.82) is 0 Å². The van der Waals surface area contributed by atoms with Crippen LogP contribution in [0.4, 0.5) is 17.6 Å². The van der Waals surface area contributed by atoms with Gasteiger partial charge in [-0.25, -0.2) is 4.39 Å². The molecule has 0 aromatic heterocycles. The lowest BCUT2D eigenvalue weighted by molar-refractivity contribution is -0.137. The Hall–Kier alpha value is -1.60. The maximum Gasteiger partial charge on any atom is 0.416 e. The lowest BCUT2D eigenvalue weighted by Gasteiger charge is -2.07. The third-order valence-electron chi connectivity index (χ3n) is 2.64. The number of aldehydes is 1. The SMILES string of the molecule is Fc1cc(C(F)(F)F)ccc1CBr.O=Cc1cc(Cl)ccc1O. The summed E-state index contributed by atoms with van der Waals surface area (Å²) >= 11 is 8.49. The van der Waals surface area contributed by atoms with Gasteiger partial charge in [0.25, 0.3) is 0 Å². The molecule has 8 heteroatoms. The molecular formula is C15H10BrClF4O2. The van der Waals surface area contributed by atoms with E-state index in [1.165, 1.54) is 18.2 Å². The number of phenols is 1. The highest BCUT2D eigenvalue weighted by Gasteiger charge is 2.30. The maximum absolute atomic E-state index is 12.9. The molecule has 2 nitrogen and oxygen atoms in total. The van der Waals surface area contributed by atoms with Crippen LogP contribution in [0.5, 0.6) is 5.75 Å². The smallest absolute Gasteiger partial charge is 0.416 e. The van der Waals surface area contributed by atoms with Gasteiger partial charge in [-0.2, -0.15) is 13.2 Å². The zero-order valence-corrected chi connectivity index (χ0v) is 13.7. The van der Waals surface area contributed by atoms with E-state index in [4.69, 9.17) is 16.7 Å². The molecule has 2 aromatic rings. The number of aromatic hydroxyl groups is 1. The van der Waals surface area contributed by atoms with E-state index in [0.29, 0.717) is 17.4 Å². The number of carbonyl (C=O) groups excluding carboxylic acids is 1. The number of halogens is 6. The molecule has 0 bridgehead atoms. The molecule has 23 heavy (non-hydrogen) atoms. The Morgan fingerprint density at radius 2 is 1.83 bits per heavy atom. The minimum Gasteiger partial charge on any atom is -0.507 e. The normalized spacial score (nSPS) is 10.7. The summed E-state index contributed by atoms with van der Waals surface area (Å²) < 4.78 is 48.9. The first-order valence-electron chi connectivity index (χ1n) is 6.04. The lowest BCUT2D eigenvalue weighted by Crippen LogP contribution is -2.05. The van der Waals surface area contributed by atoms with E-state index < -0.39 is 17.6 Å². The predicted octanol–water partition coefficient (Wildman–Crippen LogP) is 5.60. The standard InChI is InChI=1S/C8H5BrF4.C7H5ClO2/c9-4-5-1-2-6(3-7(5)10)8(11,12)13;8-6-1-2-7(10)5(3-6)4-9/h1-3H,4H2;1-4,10H. The second kappa shape index (κ2) is 8.31. The molecule has 0 aliphatic heterocycles. The summed E-state index contributed by atoms with van der Waals surface area (Å²) in [6, 6.07) is 6.78. The van der Waals surface area contributed by atoms with Crippen LogP contribution in [0.3, 0.4) is 0 Å². The van der Waals surface area contributed by atoms with Crippen molar-refractivity contribution in [3.8, 4) is 5.75 Å². The zero-order chi connectivity index (χ0) is 17.6. The van der Waals surface area contributed by atoms with Crippen molar-refractivity contribution < 1.29 is 27.5 Å². The topological polar surface area (TPSA) is 37.3 Å². The first-order chi connectivity index (χ1) is 10.7. The summed E-state index contributed by atoms with van der Waals surface area (Å²) in [7, 11) is 0. The van der Waals surface area contributed by atoms with Crippen molar-refractivity contribution in [3.05, 3.63) is 63.9 Å². The second-order valence-corrected chi connectivity index (χ2v) is 5.26. The molecule has 0 spiro atoms. The van der Waals surface area contributed by atoms with E-state index in [0.717, 1.165) is 12.1 Å². The summed E-state index contributed by atoms with van der Waals surface area (Å²) in [5.41, 5.74) is -0.532. The largest absolute Gasteiger partial charge is 0.507 e. The molecule has 0 radical (unpaired) electrons. The fourth-order valence-corrected chi connectivity index (χ4v) is 2.09. The minimum atomic E-state index is -4.48. The summed E-state index contributed by atoms with van der Waals surface area (Å²) in [5.74, 6) is -0.883. The van der Waals surface area contributed by atoms with Crippen LogP contribution in [-0.2, 0) is 11.5 Å². The van der Waals surface area contributed by atoms with Gasteiger partial charge in [-0.05, 0) is 35.9 Å². The van der Waals surface area contributed by atoms with E-state index in [9.17, 15) is 22.4 Å². The number of carbonyl (C=O) groups is 1. The maximum atomic E-state index is 12.9. The average molecular weight is 414 g/mol. The first-order valence-corrected chi connectivity index (χ1v) is 7.54. The molecule has 124 valence electrons. The van der Waals surface area contributed by atoms with E-state index in [2.05, 4.69) is 15.9 Å². The fraction of sp³-hybridized carbons (Fsp3) is 0.133. The Morgan fingerprint density at radius 1 is 1.17 bits per heavy atom. The first kappa shape index (κ1) is 19.4. The van der Waals surface area contributed by atoms with Gasteiger partial charge in [0.05, 0.1) is 11.1 Å². The molecule has 2 aromatic carbocycles. The van der Waals surface area contributed by atoms with Crippen molar-refractivity contribution >= 4 is 33.8 Å². The van der Waals surface area contributed by atoms with Gasteiger partial charge in [0.1, 0.15) is 11.6 Å². The van der Waals surface area contributed by atoms with Crippen molar-refractivity contribution in [2.45, 2.75) is 11.5 Å². The summed E-state index contributed by atoms with van der Waals surface area (Å²) in [4.78, 5) is 10.2. The third kappa shape index (κ3) is 5.84. The van der Waals surface area contributed by atoms with Crippen LogP contribution < -0.4 is 0 Å². The van der Waals surface area contributed by atoms with Gasteiger partial charge >= 0.3 is 6.18 Å². The zero-order valence-electron chi connectivity index (χ0n) is 11.4. The van der Waals surface area contributed by atoms with Crippen LogP contribution in [0.15, 0.2) is 36.4 Å². The quantitative estimate of drug-likeness (QED) is 0.395. The molecule has 0 atom stereocenters. The Balaban J connectivity index is 0.000000238. The number of alkyl halides is 4. The second-order valence-electron chi connectivity index (χ2n) is 4.26. The van der Waals surface area contributed by atoms with Gasteiger partial charge in [0.15, 0.2) is 6.29 Å². The fourth-order valence-electron chi connectivity index (χ4n) is 1.45. The summed E-state index contributed by atoms with van der Waals surface area (Å²) in [6.45, 7) is 0. The Morgan fingerprint density at radius 3 is 2.26 bits per heavy atom. The highest BCUT2D eigenvalue weighted by Crippen LogP contribution is 2.30. The Kier molecular flexibility index (Phi) is 7.02. The van der Waals surface area contributed by atoms with Crippen molar-refractivity contribution in [3.63, 3.8) is 0 Å². The highest BCUT2D eigenvalue weighted by molar-refractivity contribution is 9.08. The van der Waals surface area contributed by atoms with Gasteiger partial charge in [-0.3, -0.25) is 4.79 Å². The summed E-state index contributed by atoms with van der Waals surface area (Å²) in [5, 5.41) is 9.59.